The Morgan fingerprint density at radius 3 is 2.20 bits per heavy atom. The number of halogens is 4. The van der Waals surface area contributed by atoms with Gasteiger partial charge in [0.1, 0.15) is 0 Å². The van der Waals surface area contributed by atoms with E-state index >= 15 is 0 Å². The number of methoxy groups -OCH3 is 1. The molecule has 0 heterocycles. The lowest BCUT2D eigenvalue weighted by atomic mass is 10.1. The maximum atomic E-state index is 12.5. The molecular formula is C10H8ClF3O. The second kappa shape index (κ2) is 4.57. The molecular weight excluding hydrogens is 229 g/mol. The third kappa shape index (κ3) is 3.16. The summed E-state index contributed by atoms with van der Waals surface area (Å²) in [5.74, 6) is 0. The van der Waals surface area contributed by atoms with Gasteiger partial charge in [-0.15, -0.1) is 0 Å². The molecule has 0 atom stereocenters. The van der Waals surface area contributed by atoms with E-state index in [-0.39, 0.29) is 5.56 Å². The number of ether oxygens (including phenoxy) is 1. The Hall–Kier alpha value is -1.16. The Labute approximate surface area is 90.1 Å². The van der Waals surface area contributed by atoms with Crippen molar-refractivity contribution in [3.05, 3.63) is 41.1 Å². The van der Waals surface area contributed by atoms with Crippen LogP contribution in [-0.2, 0) is 4.74 Å². The molecule has 0 unspecified atom stereocenters. The lowest BCUT2D eigenvalue weighted by molar-refractivity contribution is -0.0701. The third-order valence-corrected chi connectivity index (χ3v) is 1.95. The SMILES string of the molecule is COC=C(c1ccc(Cl)cc1)C(F)(F)F. The highest BCUT2D eigenvalue weighted by Gasteiger charge is 2.35. The molecule has 0 aliphatic carbocycles. The maximum Gasteiger partial charge on any atom is 0.419 e. The molecule has 0 N–H and O–H groups in total. The van der Waals surface area contributed by atoms with Crippen LogP contribution in [0.2, 0.25) is 5.02 Å². The molecule has 82 valence electrons. The first-order valence-electron chi connectivity index (χ1n) is 4.01. The van der Waals surface area contributed by atoms with E-state index < -0.39 is 11.7 Å². The van der Waals surface area contributed by atoms with Crippen LogP contribution < -0.4 is 0 Å². The fourth-order valence-electron chi connectivity index (χ4n) is 1.05. The maximum absolute atomic E-state index is 12.5. The predicted molar refractivity (Wildman–Crippen MR) is 52.5 cm³/mol. The Balaban J connectivity index is 3.11. The van der Waals surface area contributed by atoms with Crippen molar-refractivity contribution in [3.8, 4) is 0 Å². The average molecular weight is 237 g/mol. The van der Waals surface area contributed by atoms with Crippen molar-refractivity contribution in [1.29, 1.82) is 0 Å². The van der Waals surface area contributed by atoms with Crippen LogP contribution >= 0.6 is 11.6 Å². The Bertz CT molecular complexity index is 354. The minimum atomic E-state index is -4.44. The summed E-state index contributed by atoms with van der Waals surface area (Å²) < 4.78 is 41.9. The number of hydrogen-bond donors (Lipinski definition) is 0. The van der Waals surface area contributed by atoms with Crippen LogP contribution in [0.4, 0.5) is 13.2 Å². The summed E-state index contributed by atoms with van der Waals surface area (Å²) in [6.07, 6.45) is -3.77. The lowest BCUT2D eigenvalue weighted by Crippen LogP contribution is -2.11. The summed E-state index contributed by atoms with van der Waals surface area (Å²) in [5.41, 5.74) is -0.810. The first-order chi connectivity index (χ1) is 6.95. The van der Waals surface area contributed by atoms with Crippen molar-refractivity contribution in [3.63, 3.8) is 0 Å². The summed E-state index contributed by atoms with van der Waals surface area (Å²) in [5, 5.41) is 0.387. The standard InChI is InChI=1S/C10H8ClF3O/c1-15-6-9(10(12,13)14)7-2-4-8(11)5-3-7/h2-6H,1H3. The molecule has 0 aliphatic rings. The van der Waals surface area contributed by atoms with Crippen molar-refractivity contribution in [2.75, 3.05) is 7.11 Å². The molecule has 0 fully saturated rings. The highest BCUT2D eigenvalue weighted by atomic mass is 35.5. The zero-order valence-electron chi connectivity index (χ0n) is 7.81. The molecule has 1 aromatic carbocycles. The van der Waals surface area contributed by atoms with Gasteiger partial charge in [0.15, 0.2) is 0 Å². The first-order valence-corrected chi connectivity index (χ1v) is 4.39. The molecule has 15 heavy (non-hydrogen) atoms. The van der Waals surface area contributed by atoms with Crippen molar-refractivity contribution in [1.82, 2.24) is 0 Å². The van der Waals surface area contributed by atoms with Gasteiger partial charge in [0.2, 0.25) is 0 Å². The minimum absolute atomic E-state index is 0.0220. The molecule has 0 saturated heterocycles. The van der Waals surface area contributed by atoms with Crippen LogP contribution in [0.1, 0.15) is 5.56 Å². The summed E-state index contributed by atoms with van der Waals surface area (Å²) in [4.78, 5) is 0. The van der Waals surface area contributed by atoms with Gasteiger partial charge in [-0.1, -0.05) is 23.7 Å². The number of hydrogen-bond acceptors (Lipinski definition) is 1. The van der Waals surface area contributed by atoms with Crippen molar-refractivity contribution < 1.29 is 17.9 Å². The molecule has 0 aromatic heterocycles. The zero-order chi connectivity index (χ0) is 11.5. The molecule has 1 rings (SSSR count). The van der Waals surface area contributed by atoms with Gasteiger partial charge in [-0.25, -0.2) is 0 Å². The van der Waals surface area contributed by atoms with Gasteiger partial charge in [0, 0.05) is 5.02 Å². The molecule has 0 amide bonds. The normalized spacial score (nSPS) is 12.7. The minimum Gasteiger partial charge on any atom is -0.504 e. The van der Waals surface area contributed by atoms with Gasteiger partial charge in [-0.05, 0) is 17.7 Å². The van der Waals surface area contributed by atoms with E-state index in [1.165, 1.54) is 31.4 Å². The molecule has 1 nitrogen and oxygen atoms in total. The van der Waals surface area contributed by atoms with Crippen LogP contribution in [0.15, 0.2) is 30.5 Å². The predicted octanol–water partition coefficient (Wildman–Crippen LogP) is 3.89. The second-order valence-corrected chi connectivity index (χ2v) is 3.21. The van der Waals surface area contributed by atoms with E-state index in [1.54, 1.807) is 0 Å². The molecule has 0 radical (unpaired) electrons. The first kappa shape index (κ1) is 11.9. The van der Waals surface area contributed by atoms with Gasteiger partial charge in [0.05, 0.1) is 18.9 Å². The number of allylic oxidation sites excluding steroid dienone is 1. The molecule has 0 aliphatic heterocycles. The van der Waals surface area contributed by atoms with Crippen molar-refractivity contribution in [2.45, 2.75) is 6.18 Å². The monoisotopic (exact) mass is 236 g/mol. The number of benzene rings is 1. The third-order valence-electron chi connectivity index (χ3n) is 1.70. The van der Waals surface area contributed by atoms with Gasteiger partial charge >= 0.3 is 6.18 Å². The van der Waals surface area contributed by atoms with Crippen LogP contribution in [0.25, 0.3) is 5.57 Å². The summed E-state index contributed by atoms with van der Waals surface area (Å²) in [6.45, 7) is 0. The van der Waals surface area contributed by atoms with E-state index in [2.05, 4.69) is 4.74 Å². The van der Waals surface area contributed by atoms with E-state index in [1.807, 2.05) is 0 Å². The highest BCUT2D eigenvalue weighted by Crippen LogP contribution is 2.34. The Morgan fingerprint density at radius 1 is 1.27 bits per heavy atom. The molecule has 1 aromatic rings. The van der Waals surface area contributed by atoms with Gasteiger partial charge in [0.25, 0.3) is 0 Å². The average Bonchev–Trinajstić information content (AvgIpc) is 2.14. The molecule has 0 spiro atoms. The fourth-order valence-corrected chi connectivity index (χ4v) is 1.17. The molecule has 5 heteroatoms. The number of alkyl halides is 3. The fraction of sp³-hybridized carbons (Fsp3) is 0.200. The van der Waals surface area contributed by atoms with Crippen molar-refractivity contribution >= 4 is 17.2 Å². The van der Waals surface area contributed by atoms with E-state index in [0.717, 1.165) is 0 Å². The van der Waals surface area contributed by atoms with Gasteiger partial charge < -0.3 is 4.74 Å². The Morgan fingerprint density at radius 2 is 1.80 bits per heavy atom. The number of rotatable bonds is 2. The zero-order valence-corrected chi connectivity index (χ0v) is 8.56. The highest BCUT2D eigenvalue weighted by molar-refractivity contribution is 6.30. The van der Waals surface area contributed by atoms with Crippen LogP contribution in [0, 0.1) is 0 Å². The van der Waals surface area contributed by atoms with Gasteiger partial charge in [-0.3, -0.25) is 0 Å². The topological polar surface area (TPSA) is 9.23 Å². The summed E-state index contributed by atoms with van der Waals surface area (Å²) in [7, 11) is 1.17. The van der Waals surface area contributed by atoms with Crippen LogP contribution in [0.3, 0.4) is 0 Å². The Kier molecular flexibility index (Phi) is 3.63. The molecule has 0 bridgehead atoms. The van der Waals surface area contributed by atoms with Crippen LogP contribution in [-0.4, -0.2) is 13.3 Å². The van der Waals surface area contributed by atoms with Gasteiger partial charge in [-0.2, -0.15) is 13.2 Å². The molecule has 0 saturated carbocycles. The van der Waals surface area contributed by atoms with E-state index in [0.29, 0.717) is 11.3 Å². The van der Waals surface area contributed by atoms with Crippen molar-refractivity contribution in [2.24, 2.45) is 0 Å². The lowest BCUT2D eigenvalue weighted by Gasteiger charge is -2.11. The van der Waals surface area contributed by atoms with E-state index in [4.69, 9.17) is 11.6 Å². The quantitative estimate of drug-likeness (QED) is 0.708. The smallest absolute Gasteiger partial charge is 0.419 e. The second-order valence-electron chi connectivity index (χ2n) is 2.77. The summed E-state index contributed by atoms with van der Waals surface area (Å²) in [6, 6.07) is 5.37. The largest absolute Gasteiger partial charge is 0.504 e. The van der Waals surface area contributed by atoms with E-state index in [9.17, 15) is 13.2 Å². The summed E-state index contributed by atoms with van der Waals surface area (Å²) >= 11 is 5.58. The van der Waals surface area contributed by atoms with Crippen LogP contribution in [0.5, 0.6) is 0 Å².